The van der Waals surface area contributed by atoms with Crippen molar-refractivity contribution in [3.05, 3.63) is 34.9 Å². The van der Waals surface area contributed by atoms with Crippen LogP contribution < -0.4 is 11.1 Å². The van der Waals surface area contributed by atoms with Crippen molar-refractivity contribution in [1.82, 2.24) is 5.32 Å². The van der Waals surface area contributed by atoms with Gasteiger partial charge in [0.2, 0.25) is 0 Å². The summed E-state index contributed by atoms with van der Waals surface area (Å²) in [4.78, 5) is 0. The zero-order chi connectivity index (χ0) is 8.89. The van der Waals surface area contributed by atoms with Gasteiger partial charge in [0.25, 0.3) is 0 Å². The van der Waals surface area contributed by atoms with E-state index in [0.717, 1.165) is 13.1 Å². The highest BCUT2D eigenvalue weighted by molar-refractivity contribution is 5.42. The highest BCUT2D eigenvalue weighted by Gasteiger charge is 2.34. The SMILES string of the molecule is NC1(c2ccc3c(c2)CC3)CNC1. The summed E-state index contributed by atoms with van der Waals surface area (Å²) in [6, 6.07) is 6.72. The maximum Gasteiger partial charge on any atom is 0.0662 e. The summed E-state index contributed by atoms with van der Waals surface area (Å²) in [7, 11) is 0. The van der Waals surface area contributed by atoms with E-state index in [1.165, 1.54) is 29.5 Å². The molecule has 0 unspecified atom stereocenters. The van der Waals surface area contributed by atoms with Gasteiger partial charge in [0.05, 0.1) is 5.54 Å². The molecule has 1 aliphatic carbocycles. The molecule has 0 saturated carbocycles. The van der Waals surface area contributed by atoms with Crippen LogP contribution in [-0.2, 0) is 18.4 Å². The van der Waals surface area contributed by atoms with Crippen LogP contribution in [0.1, 0.15) is 16.7 Å². The van der Waals surface area contributed by atoms with Gasteiger partial charge in [0.15, 0.2) is 0 Å². The number of nitrogens with two attached hydrogens (primary N) is 1. The van der Waals surface area contributed by atoms with Gasteiger partial charge < -0.3 is 11.1 Å². The van der Waals surface area contributed by atoms with E-state index in [4.69, 9.17) is 5.73 Å². The highest BCUT2D eigenvalue weighted by atomic mass is 15.1. The van der Waals surface area contributed by atoms with Gasteiger partial charge in [-0.1, -0.05) is 18.2 Å². The normalized spacial score (nSPS) is 22.8. The summed E-state index contributed by atoms with van der Waals surface area (Å²) in [5, 5.41) is 3.23. The molecule has 1 fully saturated rings. The number of aryl methyl sites for hydroxylation is 2. The molecule has 1 aromatic carbocycles. The van der Waals surface area contributed by atoms with Crippen molar-refractivity contribution in [2.75, 3.05) is 13.1 Å². The summed E-state index contributed by atoms with van der Waals surface area (Å²) in [5.74, 6) is 0. The second kappa shape index (κ2) is 2.34. The first-order chi connectivity index (χ1) is 6.28. The molecule has 0 bridgehead atoms. The van der Waals surface area contributed by atoms with Crippen molar-refractivity contribution < 1.29 is 0 Å². The van der Waals surface area contributed by atoms with Gasteiger partial charge in [-0.15, -0.1) is 0 Å². The fraction of sp³-hybridized carbons (Fsp3) is 0.455. The third-order valence-corrected chi connectivity index (χ3v) is 3.33. The lowest BCUT2D eigenvalue weighted by atomic mass is 9.80. The lowest BCUT2D eigenvalue weighted by Gasteiger charge is -2.40. The standard InChI is InChI=1S/C11H14N2/c12-11(6-13-7-11)10-4-3-8-1-2-9(8)5-10/h3-5,13H,1-2,6-7,12H2. The molecule has 3 rings (SSSR count). The Morgan fingerprint density at radius 3 is 2.38 bits per heavy atom. The molecule has 1 heterocycles. The first-order valence-electron chi connectivity index (χ1n) is 4.90. The number of fused-ring (bicyclic) bond motifs is 1. The average Bonchev–Trinajstić information content (AvgIpc) is 2.03. The molecule has 2 nitrogen and oxygen atoms in total. The van der Waals surface area contributed by atoms with Gasteiger partial charge in [-0.3, -0.25) is 0 Å². The fourth-order valence-electron chi connectivity index (χ4n) is 2.10. The summed E-state index contributed by atoms with van der Waals surface area (Å²) >= 11 is 0. The predicted octanol–water partition coefficient (Wildman–Crippen LogP) is 0.542. The Morgan fingerprint density at radius 2 is 1.92 bits per heavy atom. The molecule has 0 aromatic heterocycles. The molecule has 0 radical (unpaired) electrons. The lowest BCUT2D eigenvalue weighted by molar-refractivity contribution is 0.287. The van der Waals surface area contributed by atoms with Crippen LogP contribution >= 0.6 is 0 Å². The molecule has 1 aliphatic heterocycles. The molecule has 3 N–H and O–H groups in total. The molecule has 2 heteroatoms. The van der Waals surface area contributed by atoms with Crippen molar-refractivity contribution in [1.29, 1.82) is 0 Å². The number of hydrogen-bond donors (Lipinski definition) is 2. The number of rotatable bonds is 1. The zero-order valence-electron chi connectivity index (χ0n) is 7.64. The zero-order valence-corrected chi connectivity index (χ0v) is 7.64. The predicted molar refractivity (Wildman–Crippen MR) is 52.6 cm³/mol. The quantitative estimate of drug-likeness (QED) is 0.652. The van der Waals surface area contributed by atoms with Crippen molar-refractivity contribution >= 4 is 0 Å². The number of nitrogens with one attached hydrogen (secondary N) is 1. The van der Waals surface area contributed by atoms with Crippen LogP contribution in [0.25, 0.3) is 0 Å². The summed E-state index contributed by atoms with van der Waals surface area (Å²) in [6.07, 6.45) is 2.50. The lowest BCUT2D eigenvalue weighted by Crippen LogP contribution is -2.62. The van der Waals surface area contributed by atoms with Crippen LogP contribution in [0.2, 0.25) is 0 Å². The topological polar surface area (TPSA) is 38.0 Å². The smallest absolute Gasteiger partial charge is 0.0662 e. The van der Waals surface area contributed by atoms with Crippen LogP contribution in [0.3, 0.4) is 0 Å². The molecule has 0 spiro atoms. The molecule has 0 atom stereocenters. The summed E-state index contributed by atoms with van der Waals surface area (Å²) < 4.78 is 0. The monoisotopic (exact) mass is 174 g/mol. The van der Waals surface area contributed by atoms with Gasteiger partial charge in [-0.2, -0.15) is 0 Å². The van der Waals surface area contributed by atoms with Crippen molar-refractivity contribution in [2.24, 2.45) is 5.73 Å². The van der Waals surface area contributed by atoms with Gasteiger partial charge in [-0.05, 0) is 29.5 Å². The van der Waals surface area contributed by atoms with Crippen LogP contribution in [0.4, 0.5) is 0 Å². The maximum atomic E-state index is 6.20. The van der Waals surface area contributed by atoms with Crippen LogP contribution in [0.5, 0.6) is 0 Å². The second-order valence-electron chi connectivity index (χ2n) is 4.24. The van der Waals surface area contributed by atoms with Gasteiger partial charge in [-0.25, -0.2) is 0 Å². The van der Waals surface area contributed by atoms with Gasteiger partial charge >= 0.3 is 0 Å². The Balaban J connectivity index is 2.01. The Labute approximate surface area is 78.1 Å². The second-order valence-corrected chi connectivity index (χ2v) is 4.24. The Bertz CT molecular complexity index is 353. The number of hydrogen-bond acceptors (Lipinski definition) is 2. The third kappa shape index (κ3) is 0.960. The molecule has 1 saturated heterocycles. The number of benzene rings is 1. The highest BCUT2D eigenvalue weighted by Crippen LogP contribution is 2.29. The van der Waals surface area contributed by atoms with E-state index in [1.54, 1.807) is 0 Å². The van der Waals surface area contributed by atoms with E-state index in [-0.39, 0.29) is 5.54 Å². The van der Waals surface area contributed by atoms with E-state index >= 15 is 0 Å². The van der Waals surface area contributed by atoms with Crippen LogP contribution in [0, 0.1) is 0 Å². The minimum Gasteiger partial charge on any atom is -0.319 e. The van der Waals surface area contributed by atoms with Crippen molar-refractivity contribution in [3.63, 3.8) is 0 Å². The van der Waals surface area contributed by atoms with Crippen molar-refractivity contribution in [3.8, 4) is 0 Å². The first kappa shape index (κ1) is 7.54. The minimum atomic E-state index is -0.0788. The average molecular weight is 174 g/mol. The van der Waals surface area contributed by atoms with E-state index in [1.807, 2.05) is 0 Å². The summed E-state index contributed by atoms with van der Waals surface area (Å²) in [6.45, 7) is 1.84. The largest absolute Gasteiger partial charge is 0.319 e. The third-order valence-electron chi connectivity index (χ3n) is 3.33. The Morgan fingerprint density at radius 1 is 1.15 bits per heavy atom. The van der Waals surface area contributed by atoms with E-state index in [2.05, 4.69) is 23.5 Å². The molecule has 2 aliphatic rings. The molecular formula is C11H14N2. The minimum absolute atomic E-state index is 0.0788. The Hall–Kier alpha value is -0.860. The molecule has 68 valence electrons. The van der Waals surface area contributed by atoms with Crippen molar-refractivity contribution in [2.45, 2.75) is 18.4 Å². The Kier molecular flexibility index (Phi) is 1.35. The molecule has 1 aromatic rings. The van der Waals surface area contributed by atoms with Crippen LogP contribution in [-0.4, -0.2) is 13.1 Å². The summed E-state index contributed by atoms with van der Waals surface area (Å²) in [5.41, 5.74) is 10.5. The van der Waals surface area contributed by atoms with E-state index in [0.29, 0.717) is 0 Å². The van der Waals surface area contributed by atoms with Crippen LogP contribution in [0.15, 0.2) is 18.2 Å². The van der Waals surface area contributed by atoms with Gasteiger partial charge in [0.1, 0.15) is 0 Å². The first-order valence-corrected chi connectivity index (χ1v) is 4.90. The molecular weight excluding hydrogens is 160 g/mol. The van der Waals surface area contributed by atoms with Gasteiger partial charge in [0, 0.05) is 13.1 Å². The van der Waals surface area contributed by atoms with E-state index in [9.17, 15) is 0 Å². The molecule has 13 heavy (non-hydrogen) atoms. The van der Waals surface area contributed by atoms with E-state index < -0.39 is 0 Å². The molecule has 0 amide bonds. The maximum absolute atomic E-state index is 6.20. The fourth-order valence-corrected chi connectivity index (χ4v) is 2.10.